The molecule has 0 unspecified atom stereocenters. The average Bonchev–Trinajstić information content (AvgIpc) is 2.90. The molecule has 0 fully saturated rings. The first-order valence-corrected chi connectivity index (χ1v) is 14.8. The molecule has 0 spiro atoms. The Balaban J connectivity index is 1.52. The van der Waals surface area contributed by atoms with Crippen LogP contribution in [0.3, 0.4) is 0 Å². The molecule has 1 atom stereocenters. The second-order valence-corrected chi connectivity index (χ2v) is 12.6. The molecule has 0 aliphatic heterocycles. The topological polar surface area (TPSA) is 181 Å². The Hall–Kier alpha value is -3.45. The highest BCUT2D eigenvalue weighted by atomic mass is 33.1. The Bertz CT molecular complexity index is 1390. The van der Waals surface area contributed by atoms with Crippen LogP contribution in [0.4, 0.5) is 5.95 Å². The molecule has 2 aromatic heterocycles. The van der Waals surface area contributed by atoms with Crippen molar-refractivity contribution >= 4 is 56.4 Å². The van der Waals surface area contributed by atoms with Gasteiger partial charge >= 0.3 is 5.97 Å². The molecule has 0 saturated heterocycles. The van der Waals surface area contributed by atoms with E-state index in [2.05, 4.69) is 25.3 Å². The van der Waals surface area contributed by atoms with Crippen molar-refractivity contribution in [3.8, 4) is 0 Å². The SMILES string of the molecule is CCC(=O)CCC(C)(C)SSC[C@H](NC(=O)c1ccc(CCc2cnc3nc(N)[nH]c(=O)c3n2)cc1)C(=O)O. The van der Waals surface area contributed by atoms with Crippen LogP contribution in [-0.2, 0) is 22.4 Å². The zero-order valence-corrected chi connectivity index (χ0v) is 23.7. The van der Waals surface area contributed by atoms with E-state index < -0.39 is 23.5 Å². The number of nitrogen functional groups attached to an aromatic ring is 1. The number of H-pyrrole nitrogens is 1. The molecule has 1 aromatic carbocycles. The highest BCUT2D eigenvalue weighted by Crippen LogP contribution is 2.39. The van der Waals surface area contributed by atoms with Crippen LogP contribution >= 0.6 is 21.6 Å². The van der Waals surface area contributed by atoms with Crippen LogP contribution in [0, 0.1) is 0 Å². The fourth-order valence-electron chi connectivity index (χ4n) is 3.52. The summed E-state index contributed by atoms with van der Waals surface area (Å²) >= 11 is 0. The van der Waals surface area contributed by atoms with Gasteiger partial charge in [-0.3, -0.25) is 19.4 Å². The lowest BCUT2D eigenvalue weighted by Gasteiger charge is -2.23. The van der Waals surface area contributed by atoms with Gasteiger partial charge in [0.25, 0.3) is 11.5 Å². The van der Waals surface area contributed by atoms with E-state index in [1.165, 1.54) is 21.6 Å². The quantitative estimate of drug-likeness (QED) is 0.208. The standard InChI is InChI=1S/C26H32N6O5S2/c1-4-18(33)11-12-26(2,3)39-38-14-19(24(36)37)30-22(34)16-8-5-15(6-9-16)7-10-17-13-28-21-20(29-17)23(35)32-25(27)31-21/h5-6,8-9,13,19H,4,7,10-12,14H2,1-3H3,(H,30,34)(H,36,37)(H3,27,28,31,32,35)/t19-/m0/s1. The number of nitrogens with one attached hydrogen (secondary N) is 2. The van der Waals surface area contributed by atoms with Gasteiger partial charge in [0.15, 0.2) is 11.2 Å². The Morgan fingerprint density at radius 1 is 1.15 bits per heavy atom. The van der Waals surface area contributed by atoms with Gasteiger partial charge in [-0.25, -0.2) is 14.8 Å². The second-order valence-electron chi connectivity index (χ2n) is 9.57. The number of carboxylic acid groups (broad SMARTS) is 1. The number of rotatable bonds is 14. The van der Waals surface area contributed by atoms with Gasteiger partial charge in [-0.05, 0) is 50.8 Å². The molecule has 39 heavy (non-hydrogen) atoms. The van der Waals surface area contributed by atoms with Gasteiger partial charge in [-0.1, -0.05) is 40.6 Å². The molecule has 5 N–H and O–H groups in total. The number of aromatic nitrogens is 4. The van der Waals surface area contributed by atoms with Crippen LogP contribution < -0.4 is 16.6 Å². The zero-order chi connectivity index (χ0) is 28.6. The minimum absolute atomic E-state index is 0.0218. The molecule has 0 aliphatic rings. The highest BCUT2D eigenvalue weighted by molar-refractivity contribution is 8.77. The molecule has 3 rings (SSSR count). The van der Waals surface area contributed by atoms with Crippen LogP contribution in [-0.4, -0.2) is 59.2 Å². The minimum Gasteiger partial charge on any atom is -0.480 e. The average molecular weight is 573 g/mol. The molecule has 11 nitrogen and oxygen atoms in total. The number of carbonyl (C=O) groups is 3. The van der Waals surface area contributed by atoms with Crippen molar-refractivity contribution < 1.29 is 19.5 Å². The fourth-order valence-corrected chi connectivity index (χ4v) is 6.28. The number of nitrogens with zero attached hydrogens (tertiary/aromatic N) is 3. The van der Waals surface area contributed by atoms with Crippen molar-refractivity contribution in [3.05, 3.63) is 57.6 Å². The Morgan fingerprint density at radius 3 is 2.54 bits per heavy atom. The normalized spacial score (nSPS) is 12.3. The minimum atomic E-state index is -1.11. The lowest BCUT2D eigenvalue weighted by Crippen LogP contribution is -2.42. The number of aliphatic carboxylic acids is 1. The fraction of sp³-hybridized carbons (Fsp3) is 0.423. The van der Waals surface area contributed by atoms with Gasteiger partial charge < -0.3 is 16.2 Å². The zero-order valence-electron chi connectivity index (χ0n) is 22.0. The van der Waals surface area contributed by atoms with E-state index in [1.54, 1.807) is 30.5 Å². The summed E-state index contributed by atoms with van der Waals surface area (Å²) in [6, 6.07) is 5.81. The summed E-state index contributed by atoms with van der Waals surface area (Å²) in [6.07, 6.45) is 4.35. The third kappa shape index (κ3) is 9.06. The summed E-state index contributed by atoms with van der Waals surface area (Å²) < 4.78 is -0.197. The van der Waals surface area contributed by atoms with E-state index >= 15 is 0 Å². The lowest BCUT2D eigenvalue weighted by molar-refractivity contribution is -0.138. The van der Waals surface area contributed by atoms with Gasteiger partial charge in [0, 0.05) is 28.9 Å². The van der Waals surface area contributed by atoms with E-state index in [1.807, 2.05) is 20.8 Å². The predicted molar refractivity (Wildman–Crippen MR) is 154 cm³/mol. The maximum atomic E-state index is 12.7. The van der Waals surface area contributed by atoms with E-state index in [0.717, 1.165) is 5.56 Å². The third-order valence-electron chi connectivity index (χ3n) is 5.89. The van der Waals surface area contributed by atoms with Crippen molar-refractivity contribution in [3.63, 3.8) is 0 Å². The first-order valence-electron chi connectivity index (χ1n) is 12.4. The van der Waals surface area contributed by atoms with E-state index in [4.69, 9.17) is 5.73 Å². The number of aromatic amines is 1. The number of hydrogen-bond acceptors (Lipinski definition) is 10. The van der Waals surface area contributed by atoms with Gasteiger partial charge in [0.05, 0.1) is 11.9 Å². The number of fused-ring (bicyclic) bond motifs is 1. The number of benzene rings is 1. The molecule has 1 amide bonds. The Kier molecular flexibility index (Phi) is 10.5. The molecule has 0 radical (unpaired) electrons. The smallest absolute Gasteiger partial charge is 0.327 e. The predicted octanol–water partition coefficient (Wildman–Crippen LogP) is 3.18. The van der Waals surface area contributed by atoms with Crippen molar-refractivity contribution in [2.45, 2.75) is 63.7 Å². The van der Waals surface area contributed by atoms with Gasteiger partial charge in [-0.2, -0.15) is 4.98 Å². The van der Waals surface area contributed by atoms with Crippen molar-refractivity contribution in [2.75, 3.05) is 11.5 Å². The van der Waals surface area contributed by atoms with E-state index in [-0.39, 0.29) is 33.4 Å². The second kappa shape index (κ2) is 13.6. The largest absolute Gasteiger partial charge is 0.480 e. The first kappa shape index (κ1) is 30.1. The van der Waals surface area contributed by atoms with Crippen molar-refractivity contribution in [1.29, 1.82) is 0 Å². The molecular weight excluding hydrogens is 540 g/mol. The number of amides is 1. The number of carbonyl (C=O) groups excluding carboxylic acids is 2. The highest BCUT2D eigenvalue weighted by Gasteiger charge is 2.25. The maximum absolute atomic E-state index is 12.7. The lowest BCUT2D eigenvalue weighted by atomic mass is 10.0. The number of ketones is 1. The summed E-state index contributed by atoms with van der Waals surface area (Å²) in [6.45, 7) is 5.87. The summed E-state index contributed by atoms with van der Waals surface area (Å²) in [7, 11) is 2.89. The third-order valence-corrected chi connectivity index (χ3v) is 9.25. The number of aryl methyl sites for hydroxylation is 2. The molecule has 208 valence electrons. The first-order chi connectivity index (χ1) is 18.5. The number of hydrogen-bond donors (Lipinski definition) is 4. The maximum Gasteiger partial charge on any atom is 0.327 e. The van der Waals surface area contributed by atoms with E-state index in [9.17, 15) is 24.3 Å². The monoisotopic (exact) mass is 572 g/mol. The molecular formula is C26H32N6O5S2. The summed E-state index contributed by atoms with van der Waals surface area (Å²) in [5.41, 5.74) is 7.27. The van der Waals surface area contributed by atoms with Crippen LogP contribution in [0.15, 0.2) is 35.3 Å². The van der Waals surface area contributed by atoms with Crippen molar-refractivity contribution in [2.24, 2.45) is 0 Å². The van der Waals surface area contributed by atoms with E-state index in [0.29, 0.717) is 43.4 Å². The number of carboxylic acids is 1. The van der Waals surface area contributed by atoms with Crippen LogP contribution in [0.5, 0.6) is 0 Å². The van der Waals surface area contributed by atoms with Gasteiger partial charge in [0.1, 0.15) is 11.8 Å². The number of Topliss-reactive ketones (excluding diaryl/α,β-unsaturated/α-hetero) is 1. The van der Waals surface area contributed by atoms with Gasteiger partial charge in [-0.15, -0.1) is 0 Å². The Morgan fingerprint density at radius 2 is 1.87 bits per heavy atom. The summed E-state index contributed by atoms with van der Waals surface area (Å²) in [4.78, 5) is 62.9. The van der Waals surface area contributed by atoms with Crippen LogP contribution in [0.2, 0.25) is 0 Å². The Labute approximate surface area is 233 Å². The van der Waals surface area contributed by atoms with Crippen LogP contribution in [0.1, 0.15) is 61.6 Å². The summed E-state index contributed by atoms with van der Waals surface area (Å²) in [5.74, 6) is -1.21. The van der Waals surface area contributed by atoms with Gasteiger partial charge in [0.2, 0.25) is 5.95 Å². The van der Waals surface area contributed by atoms with Crippen molar-refractivity contribution in [1.82, 2.24) is 25.3 Å². The van der Waals surface area contributed by atoms with Crippen LogP contribution in [0.25, 0.3) is 11.2 Å². The molecule has 3 aromatic rings. The molecule has 2 heterocycles. The molecule has 0 bridgehead atoms. The molecule has 0 aliphatic carbocycles. The molecule has 0 saturated carbocycles. The number of anilines is 1. The number of nitrogens with two attached hydrogens (primary N) is 1. The molecule has 13 heteroatoms. The summed E-state index contributed by atoms with van der Waals surface area (Å²) in [5, 5.41) is 12.2.